The van der Waals surface area contributed by atoms with Crippen molar-refractivity contribution in [1.82, 2.24) is 4.98 Å². The van der Waals surface area contributed by atoms with Crippen LogP contribution in [0, 0.1) is 5.82 Å². The van der Waals surface area contributed by atoms with Gasteiger partial charge in [-0.1, -0.05) is 37.5 Å². The van der Waals surface area contributed by atoms with E-state index in [-0.39, 0.29) is 5.82 Å². The predicted molar refractivity (Wildman–Crippen MR) is 148 cm³/mol. The van der Waals surface area contributed by atoms with Gasteiger partial charge in [0.05, 0.1) is 24.7 Å². The Balaban J connectivity index is 1.87. The van der Waals surface area contributed by atoms with Gasteiger partial charge in [0.1, 0.15) is 17.3 Å². The number of allylic oxidation sites excluding steroid dienone is 7. The van der Waals surface area contributed by atoms with E-state index in [0.717, 1.165) is 41.0 Å². The molecule has 0 amide bonds. The zero-order chi connectivity index (χ0) is 26.8. The van der Waals surface area contributed by atoms with Gasteiger partial charge in [-0.2, -0.15) is 4.89 Å². The Kier molecular flexibility index (Phi) is 10.4. The Morgan fingerprint density at radius 1 is 1.03 bits per heavy atom. The van der Waals surface area contributed by atoms with Gasteiger partial charge >= 0.3 is 0 Å². The van der Waals surface area contributed by atoms with Gasteiger partial charge in [-0.15, -0.1) is 0 Å². The van der Waals surface area contributed by atoms with Crippen LogP contribution in [0.15, 0.2) is 88.0 Å². The van der Waals surface area contributed by atoms with Gasteiger partial charge in [0.15, 0.2) is 5.76 Å². The van der Waals surface area contributed by atoms with E-state index in [1.165, 1.54) is 43.2 Å². The molecule has 0 saturated heterocycles. The average Bonchev–Trinajstić information content (AvgIpc) is 2.90. The second-order valence-corrected chi connectivity index (χ2v) is 9.17. The molecule has 196 valence electrons. The first-order valence-corrected chi connectivity index (χ1v) is 12.7. The molecule has 0 unspecified atom stereocenters. The SMILES string of the molecule is CCCCC/C(C)=C(/Cc1ccc(F)cc1)c1ccc(O/C(C)=C2\C=C(OOC)C(C)=CC2=NC)cn1. The number of unbranched alkanes of at least 4 members (excludes halogenated alkanes) is 2. The third kappa shape index (κ3) is 7.73. The number of nitrogens with zero attached hydrogens (tertiary/aromatic N) is 2. The average molecular weight is 505 g/mol. The summed E-state index contributed by atoms with van der Waals surface area (Å²) in [6.45, 7) is 8.21. The predicted octanol–water partition coefficient (Wildman–Crippen LogP) is 7.96. The fourth-order valence-electron chi connectivity index (χ4n) is 4.23. The minimum atomic E-state index is -0.228. The van der Waals surface area contributed by atoms with E-state index in [2.05, 4.69) is 18.8 Å². The summed E-state index contributed by atoms with van der Waals surface area (Å²) in [6, 6.07) is 10.6. The molecule has 0 saturated carbocycles. The lowest BCUT2D eigenvalue weighted by atomic mass is 9.94. The molecule has 0 atom stereocenters. The molecule has 1 aromatic heterocycles. The normalized spacial score (nSPS) is 16.7. The lowest BCUT2D eigenvalue weighted by Crippen LogP contribution is -2.11. The molecule has 0 radical (unpaired) electrons. The molecule has 1 heterocycles. The minimum Gasteiger partial charge on any atom is -0.460 e. The van der Waals surface area contributed by atoms with Gasteiger partial charge in [0, 0.05) is 12.6 Å². The summed E-state index contributed by atoms with van der Waals surface area (Å²) in [5.74, 6) is 1.68. The molecule has 2 aromatic rings. The van der Waals surface area contributed by atoms with Crippen LogP contribution < -0.4 is 4.74 Å². The van der Waals surface area contributed by atoms with Crippen molar-refractivity contribution >= 4 is 11.3 Å². The molecule has 0 aliphatic heterocycles. The number of aromatic nitrogens is 1. The lowest BCUT2D eigenvalue weighted by Gasteiger charge is -2.18. The number of pyridine rings is 1. The summed E-state index contributed by atoms with van der Waals surface area (Å²) in [7, 11) is 3.22. The maximum atomic E-state index is 13.5. The molecule has 1 aliphatic rings. The van der Waals surface area contributed by atoms with Crippen LogP contribution in [-0.4, -0.2) is 24.9 Å². The first kappa shape index (κ1) is 28.1. The monoisotopic (exact) mass is 504 g/mol. The lowest BCUT2D eigenvalue weighted by molar-refractivity contribution is -0.234. The topological polar surface area (TPSA) is 52.9 Å². The first-order valence-electron chi connectivity index (χ1n) is 12.7. The van der Waals surface area contributed by atoms with Crippen molar-refractivity contribution in [3.63, 3.8) is 0 Å². The van der Waals surface area contributed by atoms with Crippen LogP contribution in [0.3, 0.4) is 0 Å². The number of hydrogen-bond donors (Lipinski definition) is 0. The highest BCUT2D eigenvalue weighted by molar-refractivity contribution is 6.12. The van der Waals surface area contributed by atoms with E-state index in [1.54, 1.807) is 13.2 Å². The van der Waals surface area contributed by atoms with Crippen LogP contribution >= 0.6 is 0 Å². The van der Waals surface area contributed by atoms with E-state index in [9.17, 15) is 4.39 Å². The van der Waals surface area contributed by atoms with Crippen LogP contribution in [0.1, 0.15) is 64.6 Å². The van der Waals surface area contributed by atoms with Gasteiger partial charge in [0.2, 0.25) is 0 Å². The number of aliphatic imine (C=N–C) groups is 1. The zero-order valence-corrected chi connectivity index (χ0v) is 22.7. The smallest absolute Gasteiger partial charge is 0.169 e. The molecule has 0 spiro atoms. The van der Waals surface area contributed by atoms with Crippen molar-refractivity contribution in [2.45, 2.75) is 59.8 Å². The summed E-state index contributed by atoms with van der Waals surface area (Å²) in [6.07, 6.45) is 10.8. The van der Waals surface area contributed by atoms with Crippen molar-refractivity contribution in [2.75, 3.05) is 14.2 Å². The fraction of sp³-hybridized carbons (Fsp3) is 0.355. The van der Waals surface area contributed by atoms with E-state index in [0.29, 0.717) is 23.7 Å². The third-order valence-electron chi connectivity index (χ3n) is 6.37. The molecule has 1 aliphatic carbocycles. The molecular formula is C31H37FN2O3. The van der Waals surface area contributed by atoms with Crippen LogP contribution in [0.25, 0.3) is 5.57 Å². The highest BCUT2D eigenvalue weighted by Crippen LogP contribution is 2.28. The summed E-state index contributed by atoms with van der Waals surface area (Å²) < 4.78 is 19.6. The van der Waals surface area contributed by atoms with Gasteiger partial charge in [-0.25, -0.2) is 4.39 Å². The number of ether oxygens (including phenoxy) is 1. The van der Waals surface area contributed by atoms with E-state index < -0.39 is 0 Å². The van der Waals surface area contributed by atoms with Gasteiger partial charge < -0.3 is 9.62 Å². The zero-order valence-electron chi connectivity index (χ0n) is 22.7. The van der Waals surface area contributed by atoms with Crippen molar-refractivity contribution in [3.8, 4) is 5.75 Å². The molecule has 0 fully saturated rings. The number of rotatable bonds is 11. The fourth-order valence-corrected chi connectivity index (χ4v) is 4.23. The van der Waals surface area contributed by atoms with Crippen molar-refractivity contribution in [3.05, 3.63) is 100 Å². The molecule has 5 nitrogen and oxygen atoms in total. The van der Waals surface area contributed by atoms with Crippen LogP contribution in [0.5, 0.6) is 5.75 Å². The Morgan fingerprint density at radius 2 is 1.78 bits per heavy atom. The second kappa shape index (κ2) is 13.7. The second-order valence-electron chi connectivity index (χ2n) is 9.17. The summed E-state index contributed by atoms with van der Waals surface area (Å²) in [5, 5.41) is 0. The molecule has 0 N–H and O–H groups in total. The van der Waals surface area contributed by atoms with E-state index >= 15 is 0 Å². The van der Waals surface area contributed by atoms with Gasteiger partial charge in [-0.3, -0.25) is 9.98 Å². The first-order chi connectivity index (χ1) is 17.9. The van der Waals surface area contributed by atoms with E-state index in [1.807, 2.05) is 50.3 Å². The standard InChI is InChI=1S/C31H37FN2O3/c1-7-8-9-10-21(2)27(18-24-11-13-25(32)14-12-24)29-16-15-26(20-34-29)36-23(4)28-19-31(37-35-6)22(3)17-30(28)33-5/h11-17,19-20H,7-10,18H2,1-6H3/b27-21-,28-23+,33-30?. The Labute approximate surface area is 220 Å². The molecule has 6 heteroatoms. The summed E-state index contributed by atoms with van der Waals surface area (Å²) in [4.78, 5) is 19.3. The Bertz CT molecular complexity index is 1220. The number of benzene rings is 1. The molecular weight excluding hydrogens is 467 g/mol. The molecule has 3 rings (SSSR count). The van der Waals surface area contributed by atoms with Crippen LogP contribution in [0.2, 0.25) is 0 Å². The maximum Gasteiger partial charge on any atom is 0.169 e. The molecule has 37 heavy (non-hydrogen) atoms. The highest BCUT2D eigenvalue weighted by atomic mass is 19.1. The summed E-state index contributed by atoms with van der Waals surface area (Å²) >= 11 is 0. The molecule has 1 aromatic carbocycles. The van der Waals surface area contributed by atoms with Crippen molar-refractivity contribution < 1.29 is 18.9 Å². The minimum absolute atomic E-state index is 0.228. The molecule has 0 bridgehead atoms. The van der Waals surface area contributed by atoms with Gasteiger partial charge in [0.25, 0.3) is 0 Å². The maximum absolute atomic E-state index is 13.5. The Hall–Kier alpha value is -3.51. The Morgan fingerprint density at radius 3 is 2.41 bits per heavy atom. The van der Waals surface area contributed by atoms with Crippen molar-refractivity contribution in [2.24, 2.45) is 4.99 Å². The number of hydrogen-bond acceptors (Lipinski definition) is 5. The van der Waals surface area contributed by atoms with E-state index in [4.69, 9.17) is 19.5 Å². The van der Waals surface area contributed by atoms with Crippen LogP contribution in [-0.2, 0) is 16.2 Å². The largest absolute Gasteiger partial charge is 0.460 e. The summed E-state index contributed by atoms with van der Waals surface area (Å²) in [5.41, 5.74) is 6.96. The van der Waals surface area contributed by atoms with Gasteiger partial charge in [-0.05, 0) is 93.2 Å². The quantitative estimate of drug-likeness (QED) is 0.135. The highest BCUT2D eigenvalue weighted by Gasteiger charge is 2.18. The van der Waals surface area contributed by atoms with Crippen LogP contribution in [0.4, 0.5) is 4.39 Å². The number of halogens is 1. The van der Waals surface area contributed by atoms with Crippen molar-refractivity contribution in [1.29, 1.82) is 0 Å². The third-order valence-corrected chi connectivity index (χ3v) is 6.37.